The number of aldehydes is 1. The molecule has 28 heavy (non-hydrogen) atoms. The van der Waals surface area contributed by atoms with Crippen molar-refractivity contribution in [2.24, 2.45) is 0 Å². The quantitative estimate of drug-likeness (QED) is 0.379. The van der Waals surface area contributed by atoms with Gasteiger partial charge in [-0.05, 0) is 73.6 Å². The number of rotatable bonds is 10. The molecule has 166 valence electrons. The predicted octanol–water partition coefficient (Wildman–Crippen LogP) is 3.55. The van der Waals surface area contributed by atoms with E-state index in [0.29, 0.717) is 19.5 Å². The first kappa shape index (κ1) is 28.4. The van der Waals surface area contributed by atoms with Crippen LogP contribution in [0.25, 0.3) is 0 Å². The zero-order valence-electron chi connectivity index (χ0n) is 18.4. The molecule has 0 aromatic rings. The summed E-state index contributed by atoms with van der Waals surface area (Å²) in [6, 6.07) is 0. The van der Waals surface area contributed by atoms with Crippen molar-refractivity contribution in [1.82, 2.24) is 10.6 Å². The lowest BCUT2D eigenvalue weighted by atomic mass is 10.2. The Labute approximate surface area is 169 Å². The summed E-state index contributed by atoms with van der Waals surface area (Å²) in [6.45, 7) is 12.3. The fraction of sp³-hybridized carbons (Fsp3) is 0.850. The number of nitrogens with one attached hydrogen (secondary N) is 2. The maximum Gasteiger partial charge on any atom is 0.407 e. The predicted molar refractivity (Wildman–Crippen MR) is 109 cm³/mol. The number of alkyl carbamates (subject to hydrolysis) is 2. The van der Waals surface area contributed by atoms with Crippen LogP contribution in [0, 0.1) is 0 Å². The average molecular weight is 405 g/mol. The topological polar surface area (TPSA) is 114 Å². The summed E-state index contributed by atoms with van der Waals surface area (Å²) in [7, 11) is 0. The highest BCUT2D eigenvalue weighted by molar-refractivity contribution is 5.67. The monoisotopic (exact) mass is 404 g/mol. The van der Waals surface area contributed by atoms with Gasteiger partial charge in [0, 0.05) is 26.1 Å². The molecule has 0 spiro atoms. The number of unbranched alkanes of at least 4 members (excludes halogenated alkanes) is 4. The Bertz CT molecular complexity index is 427. The lowest BCUT2D eigenvalue weighted by Crippen LogP contribution is -2.33. The van der Waals surface area contributed by atoms with Crippen molar-refractivity contribution in [2.75, 3.05) is 19.7 Å². The van der Waals surface area contributed by atoms with Gasteiger partial charge in [0.25, 0.3) is 0 Å². The van der Waals surface area contributed by atoms with Crippen LogP contribution in [0.1, 0.15) is 80.1 Å². The van der Waals surface area contributed by atoms with Gasteiger partial charge in [0.05, 0.1) is 0 Å². The number of carbonyl (C=O) groups is 3. The molecule has 0 saturated carbocycles. The van der Waals surface area contributed by atoms with Gasteiger partial charge in [-0.1, -0.05) is 0 Å². The third kappa shape index (κ3) is 26.4. The van der Waals surface area contributed by atoms with Crippen LogP contribution in [0.4, 0.5) is 9.59 Å². The summed E-state index contributed by atoms with van der Waals surface area (Å²) in [6.07, 6.45) is 4.85. The van der Waals surface area contributed by atoms with Crippen molar-refractivity contribution in [3.8, 4) is 0 Å². The number of ether oxygens (including phenoxy) is 2. The molecule has 2 amide bonds. The number of carbonyl (C=O) groups excluding carboxylic acids is 3. The van der Waals surface area contributed by atoms with Crippen molar-refractivity contribution in [2.45, 2.75) is 91.3 Å². The summed E-state index contributed by atoms with van der Waals surface area (Å²) in [5, 5.41) is 13.8. The molecule has 0 aliphatic rings. The summed E-state index contributed by atoms with van der Waals surface area (Å²) >= 11 is 0. The highest BCUT2D eigenvalue weighted by atomic mass is 16.6. The van der Waals surface area contributed by atoms with E-state index in [1.165, 1.54) is 0 Å². The Balaban J connectivity index is 0. The van der Waals surface area contributed by atoms with Crippen LogP contribution in [0.3, 0.4) is 0 Å². The standard InChI is InChI=1S/C10H21NO3.C10H19NO3/c2*1-10(2,3)14-9(13)11-7-5-4-6-8-12/h12H,4-8H2,1-3H3,(H,11,13);8H,4-7H2,1-3H3,(H,11,13). The maximum absolute atomic E-state index is 11.1. The Hall–Kier alpha value is -1.83. The third-order valence-electron chi connectivity index (χ3n) is 2.92. The molecule has 0 rings (SSSR count). The first-order valence-electron chi connectivity index (χ1n) is 9.89. The van der Waals surface area contributed by atoms with E-state index in [2.05, 4.69) is 10.6 Å². The van der Waals surface area contributed by atoms with Gasteiger partial charge in [0.15, 0.2) is 0 Å². The first-order valence-corrected chi connectivity index (χ1v) is 9.89. The zero-order valence-corrected chi connectivity index (χ0v) is 18.4. The van der Waals surface area contributed by atoms with Gasteiger partial charge in [0.1, 0.15) is 17.5 Å². The molecule has 0 heterocycles. The van der Waals surface area contributed by atoms with Gasteiger partial charge >= 0.3 is 12.2 Å². The highest BCUT2D eigenvalue weighted by Gasteiger charge is 2.15. The minimum atomic E-state index is -0.452. The molecule has 0 aromatic carbocycles. The van der Waals surface area contributed by atoms with Crippen LogP contribution in [0.2, 0.25) is 0 Å². The summed E-state index contributed by atoms with van der Waals surface area (Å²) in [5.41, 5.74) is -0.887. The van der Waals surface area contributed by atoms with Crippen molar-refractivity contribution in [3.63, 3.8) is 0 Å². The molecule has 8 nitrogen and oxygen atoms in total. The molecule has 0 radical (unpaired) electrons. The smallest absolute Gasteiger partial charge is 0.407 e. The fourth-order valence-corrected chi connectivity index (χ4v) is 1.78. The van der Waals surface area contributed by atoms with E-state index < -0.39 is 17.3 Å². The normalized spacial score (nSPS) is 11.0. The SMILES string of the molecule is CC(C)(C)OC(=O)NCCCCC=O.CC(C)(C)OC(=O)NCCCCCO. The number of aliphatic hydroxyl groups is 1. The number of aliphatic hydroxyl groups excluding tert-OH is 1. The van der Waals surface area contributed by atoms with E-state index in [1.54, 1.807) is 0 Å². The Kier molecular flexibility index (Phi) is 16.4. The van der Waals surface area contributed by atoms with Gasteiger partial charge in [-0.3, -0.25) is 0 Å². The molecule has 0 fully saturated rings. The van der Waals surface area contributed by atoms with Crippen LogP contribution in [0.15, 0.2) is 0 Å². The van der Waals surface area contributed by atoms with Gasteiger partial charge in [-0.25, -0.2) is 9.59 Å². The Morgan fingerprint density at radius 2 is 1.21 bits per heavy atom. The van der Waals surface area contributed by atoms with Crippen molar-refractivity contribution in [1.29, 1.82) is 0 Å². The van der Waals surface area contributed by atoms with E-state index in [1.807, 2.05) is 41.5 Å². The van der Waals surface area contributed by atoms with Crippen LogP contribution < -0.4 is 10.6 Å². The molecular formula is C20H40N2O6. The maximum atomic E-state index is 11.1. The van der Waals surface area contributed by atoms with Crippen LogP contribution in [0.5, 0.6) is 0 Å². The minimum Gasteiger partial charge on any atom is -0.444 e. The molecule has 0 unspecified atom stereocenters. The van der Waals surface area contributed by atoms with Crippen LogP contribution in [-0.4, -0.2) is 54.5 Å². The number of hydrogen-bond donors (Lipinski definition) is 3. The largest absolute Gasteiger partial charge is 0.444 e. The van der Waals surface area contributed by atoms with Crippen LogP contribution >= 0.6 is 0 Å². The molecule has 8 heteroatoms. The van der Waals surface area contributed by atoms with Crippen molar-refractivity contribution >= 4 is 18.5 Å². The number of hydrogen-bond acceptors (Lipinski definition) is 6. The molecule has 0 aromatic heterocycles. The van der Waals surface area contributed by atoms with E-state index in [0.717, 1.165) is 38.4 Å². The first-order chi connectivity index (χ1) is 12.9. The van der Waals surface area contributed by atoms with E-state index in [4.69, 9.17) is 14.6 Å². The van der Waals surface area contributed by atoms with Gasteiger partial charge in [-0.2, -0.15) is 0 Å². The van der Waals surface area contributed by atoms with E-state index >= 15 is 0 Å². The van der Waals surface area contributed by atoms with E-state index in [9.17, 15) is 14.4 Å². The Morgan fingerprint density at radius 3 is 1.57 bits per heavy atom. The Morgan fingerprint density at radius 1 is 0.786 bits per heavy atom. The lowest BCUT2D eigenvalue weighted by Gasteiger charge is -2.19. The average Bonchev–Trinajstić information content (AvgIpc) is 2.52. The van der Waals surface area contributed by atoms with Gasteiger partial charge in [-0.15, -0.1) is 0 Å². The molecule has 0 aliphatic carbocycles. The summed E-state index contributed by atoms with van der Waals surface area (Å²) in [4.78, 5) is 32.2. The highest BCUT2D eigenvalue weighted by Crippen LogP contribution is 2.07. The summed E-state index contributed by atoms with van der Waals surface area (Å²) in [5.74, 6) is 0. The fourth-order valence-electron chi connectivity index (χ4n) is 1.78. The van der Waals surface area contributed by atoms with Crippen molar-refractivity contribution in [3.05, 3.63) is 0 Å². The third-order valence-corrected chi connectivity index (χ3v) is 2.92. The number of amides is 2. The molecule has 0 atom stereocenters. The molecule has 0 saturated heterocycles. The molecule has 0 bridgehead atoms. The van der Waals surface area contributed by atoms with Gasteiger partial charge in [0.2, 0.25) is 0 Å². The summed E-state index contributed by atoms with van der Waals surface area (Å²) < 4.78 is 10.1. The second-order valence-corrected chi connectivity index (χ2v) is 8.30. The second-order valence-electron chi connectivity index (χ2n) is 8.30. The lowest BCUT2D eigenvalue weighted by molar-refractivity contribution is -0.107. The molecule has 3 N–H and O–H groups in total. The van der Waals surface area contributed by atoms with Crippen LogP contribution in [-0.2, 0) is 14.3 Å². The van der Waals surface area contributed by atoms with Gasteiger partial charge < -0.3 is 30.0 Å². The minimum absolute atomic E-state index is 0.215. The van der Waals surface area contributed by atoms with Crippen molar-refractivity contribution < 1.29 is 29.0 Å². The molecule has 0 aliphatic heterocycles. The molecular weight excluding hydrogens is 364 g/mol. The second kappa shape index (κ2) is 16.2. The van der Waals surface area contributed by atoms with E-state index in [-0.39, 0.29) is 12.7 Å². The zero-order chi connectivity index (χ0) is 22.1.